The van der Waals surface area contributed by atoms with Crippen molar-refractivity contribution in [2.75, 3.05) is 0 Å². The van der Waals surface area contributed by atoms with Gasteiger partial charge in [0.25, 0.3) is 0 Å². The van der Waals surface area contributed by atoms with Crippen LogP contribution in [0, 0.1) is 28.6 Å². The van der Waals surface area contributed by atoms with Gasteiger partial charge in [0, 0.05) is 5.41 Å². The third kappa shape index (κ3) is 1.59. The average Bonchev–Trinajstić information content (AvgIpc) is 2.83. The first kappa shape index (κ1) is 13.4. The van der Waals surface area contributed by atoms with Crippen molar-refractivity contribution in [1.82, 2.24) is 0 Å². The van der Waals surface area contributed by atoms with Gasteiger partial charge in [0.1, 0.15) is 0 Å². The summed E-state index contributed by atoms with van der Waals surface area (Å²) in [5.41, 5.74) is 2.30. The number of aliphatic hydroxyl groups is 1. The molecule has 0 aromatic carbocycles. The van der Waals surface area contributed by atoms with E-state index in [9.17, 15) is 5.11 Å². The average molecular weight is 274 g/mol. The Morgan fingerprint density at radius 3 is 2.80 bits per heavy atom. The molecule has 112 valence electrons. The smallest absolute Gasteiger partial charge is 0.0634 e. The molecule has 6 atom stereocenters. The molecule has 3 saturated carbocycles. The van der Waals surface area contributed by atoms with Crippen molar-refractivity contribution in [2.24, 2.45) is 28.6 Å². The summed E-state index contributed by atoms with van der Waals surface area (Å²) in [6.07, 6.45) is 14.5. The molecule has 4 aliphatic carbocycles. The van der Waals surface area contributed by atoms with Gasteiger partial charge < -0.3 is 5.11 Å². The number of rotatable bonds is 0. The number of fused-ring (bicyclic) bond motifs is 5. The topological polar surface area (TPSA) is 20.2 Å². The molecule has 20 heavy (non-hydrogen) atoms. The molecule has 0 spiro atoms. The molecule has 0 aromatic rings. The first-order chi connectivity index (χ1) is 9.56. The molecule has 4 rings (SSSR count). The molecule has 0 radical (unpaired) electrons. The van der Waals surface area contributed by atoms with E-state index in [1.165, 1.54) is 51.4 Å². The molecule has 0 aliphatic heterocycles. The number of aliphatic hydroxyl groups excluding tert-OH is 1. The van der Waals surface area contributed by atoms with Crippen LogP contribution in [0.15, 0.2) is 11.6 Å². The minimum atomic E-state index is -0.0880. The van der Waals surface area contributed by atoms with Crippen LogP contribution < -0.4 is 0 Å². The Hall–Kier alpha value is -0.300. The van der Waals surface area contributed by atoms with Crippen molar-refractivity contribution in [2.45, 2.75) is 77.7 Å². The van der Waals surface area contributed by atoms with Crippen molar-refractivity contribution >= 4 is 0 Å². The van der Waals surface area contributed by atoms with Gasteiger partial charge in [-0.05, 0) is 68.1 Å². The van der Waals surface area contributed by atoms with Crippen LogP contribution in [-0.2, 0) is 0 Å². The van der Waals surface area contributed by atoms with E-state index in [4.69, 9.17) is 0 Å². The fraction of sp³-hybridized carbons (Fsp3) is 0.895. The summed E-state index contributed by atoms with van der Waals surface area (Å²) in [6.45, 7) is 4.90. The molecule has 2 unspecified atom stereocenters. The normalized spacial score (nSPS) is 54.6. The summed E-state index contributed by atoms with van der Waals surface area (Å²) >= 11 is 0. The first-order valence-corrected chi connectivity index (χ1v) is 8.94. The summed E-state index contributed by atoms with van der Waals surface area (Å²) < 4.78 is 0. The first-order valence-electron chi connectivity index (χ1n) is 8.94. The molecule has 1 heteroatoms. The van der Waals surface area contributed by atoms with Crippen molar-refractivity contribution < 1.29 is 5.11 Å². The maximum atomic E-state index is 10.8. The van der Waals surface area contributed by atoms with Crippen molar-refractivity contribution in [3.8, 4) is 0 Å². The highest BCUT2D eigenvalue weighted by Gasteiger charge is 2.57. The second-order valence-corrected chi connectivity index (χ2v) is 8.61. The summed E-state index contributed by atoms with van der Waals surface area (Å²) in [5, 5.41) is 10.8. The Balaban J connectivity index is 1.72. The Morgan fingerprint density at radius 2 is 1.95 bits per heavy atom. The largest absolute Gasteiger partial charge is 0.392 e. The lowest BCUT2D eigenvalue weighted by Gasteiger charge is -2.59. The van der Waals surface area contributed by atoms with Crippen LogP contribution in [0.5, 0.6) is 0 Å². The lowest BCUT2D eigenvalue weighted by molar-refractivity contribution is -0.0942. The maximum absolute atomic E-state index is 10.8. The van der Waals surface area contributed by atoms with E-state index in [2.05, 4.69) is 19.9 Å². The van der Waals surface area contributed by atoms with Crippen LogP contribution in [0.1, 0.15) is 71.6 Å². The van der Waals surface area contributed by atoms with Crippen LogP contribution >= 0.6 is 0 Å². The highest BCUT2D eigenvalue weighted by atomic mass is 16.3. The maximum Gasteiger partial charge on any atom is 0.0634 e. The van der Waals surface area contributed by atoms with Gasteiger partial charge in [-0.25, -0.2) is 0 Å². The molecule has 0 amide bonds. The molecule has 0 heterocycles. The molecule has 4 aliphatic rings. The predicted molar refractivity (Wildman–Crippen MR) is 82.3 cm³/mol. The Kier molecular flexibility index (Phi) is 2.91. The molecular weight excluding hydrogens is 244 g/mol. The second kappa shape index (κ2) is 4.35. The van der Waals surface area contributed by atoms with Crippen molar-refractivity contribution in [3.63, 3.8) is 0 Å². The van der Waals surface area contributed by atoms with E-state index in [-0.39, 0.29) is 11.5 Å². The van der Waals surface area contributed by atoms with E-state index in [1.54, 1.807) is 5.57 Å². The van der Waals surface area contributed by atoms with E-state index in [1.807, 2.05) is 0 Å². The van der Waals surface area contributed by atoms with Crippen LogP contribution in [0.3, 0.4) is 0 Å². The van der Waals surface area contributed by atoms with Gasteiger partial charge in [-0.1, -0.05) is 38.3 Å². The summed E-state index contributed by atoms with van der Waals surface area (Å²) in [5.74, 6) is 2.50. The van der Waals surface area contributed by atoms with Gasteiger partial charge in [-0.3, -0.25) is 0 Å². The zero-order valence-electron chi connectivity index (χ0n) is 13.2. The van der Waals surface area contributed by atoms with Crippen LogP contribution in [0.2, 0.25) is 0 Å². The Morgan fingerprint density at radius 1 is 1.10 bits per heavy atom. The summed E-state index contributed by atoms with van der Waals surface area (Å²) in [4.78, 5) is 0. The highest BCUT2D eigenvalue weighted by molar-refractivity contribution is 5.29. The third-order valence-corrected chi connectivity index (χ3v) is 7.91. The van der Waals surface area contributed by atoms with Crippen LogP contribution in [-0.4, -0.2) is 11.2 Å². The van der Waals surface area contributed by atoms with Gasteiger partial charge in [0.2, 0.25) is 0 Å². The van der Waals surface area contributed by atoms with Gasteiger partial charge in [-0.15, -0.1) is 0 Å². The number of allylic oxidation sites excluding steroid dienone is 1. The highest BCUT2D eigenvalue weighted by Crippen LogP contribution is 2.64. The van der Waals surface area contributed by atoms with E-state index in [0.717, 1.165) is 24.2 Å². The Bertz CT molecular complexity index is 439. The Labute approximate surface area is 123 Å². The van der Waals surface area contributed by atoms with Gasteiger partial charge >= 0.3 is 0 Å². The fourth-order valence-corrected chi connectivity index (χ4v) is 6.58. The predicted octanol–water partition coefficient (Wildman–Crippen LogP) is 4.70. The van der Waals surface area contributed by atoms with E-state index >= 15 is 0 Å². The van der Waals surface area contributed by atoms with Crippen molar-refractivity contribution in [3.05, 3.63) is 11.6 Å². The minimum Gasteiger partial charge on any atom is -0.392 e. The van der Waals surface area contributed by atoms with Gasteiger partial charge in [0.15, 0.2) is 0 Å². The third-order valence-electron chi connectivity index (χ3n) is 7.91. The lowest BCUT2D eigenvalue weighted by atomic mass is 9.46. The SMILES string of the molecule is C[C@@]12CCC=C1C1CC[C@H]3CCCC[C@]3(C)C1C[C@@H]2O. The molecule has 1 nitrogen and oxygen atoms in total. The van der Waals surface area contributed by atoms with E-state index < -0.39 is 0 Å². The lowest BCUT2D eigenvalue weighted by Crippen LogP contribution is -2.53. The molecule has 0 bridgehead atoms. The van der Waals surface area contributed by atoms with Crippen LogP contribution in [0.4, 0.5) is 0 Å². The minimum absolute atomic E-state index is 0.0880. The summed E-state index contributed by atoms with van der Waals surface area (Å²) in [7, 11) is 0. The fourth-order valence-electron chi connectivity index (χ4n) is 6.58. The molecule has 3 fully saturated rings. The summed E-state index contributed by atoms with van der Waals surface area (Å²) in [6, 6.07) is 0. The standard InChI is InChI=1S/C19H30O/c1-18-10-4-3-6-13(18)8-9-14-15-7-5-11-19(15,2)17(20)12-16(14)18/h7,13-14,16-17,20H,3-6,8-12H2,1-2H3/t13-,14?,16?,17+,18+,19-/m1/s1. The quantitative estimate of drug-likeness (QED) is 0.635. The zero-order valence-corrected chi connectivity index (χ0v) is 13.2. The molecule has 0 saturated heterocycles. The zero-order chi connectivity index (χ0) is 14.0. The monoisotopic (exact) mass is 274 g/mol. The number of hydrogen-bond acceptors (Lipinski definition) is 1. The van der Waals surface area contributed by atoms with Gasteiger partial charge in [0.05, 0.1) is 6.10 Å². The van der Waals surface area contributed by atoms with Crippen LogP contribution in [0.25, 0.3) is 0 Å². The number of hydrogen-bond donors (Lipinski definition) is 1. The second-order valence-electron chi connectivity index (χ2n) is 8.61. The van der Waals surface area contributed by atoms with Gasteiger partial charge in [-0.2, -0.15) is 0 Å². The van der Waals surface area contributed by atoms with Crippen molar-refractivity contribution in [1.29, 1.82) is 0 Å². The molecule has 1 N–H and O–H groups in total. The molecule has 0 aromatic heterocycles. The molecular formula is C19H30O. The van der Waals surface area contributed by atoms with E-state index in [0.29, 0.717) is 5.41 Å².